The van der Waals surface area contributed by atoms with E-state index in [9.17, 15) is 4.79 Å². The molecule has 1 aromatic heterocycles. The molecule has 1 fully saturated rings. The maximum Gasteiger partial charge on any atom is 0.257 e. The van der Waals surface area contributed by atoms with Crippen LogP contribution in [0.25, 0.3) is 0 Å². The van der Waals surface area contributed by atoms with Gasteiger partial charge in [-0.05, 0) is 73.7 Å². The van der Waals surface area contributed by atoms with Gasteiger partial charge < -0.3 is 4.42 Å². The molecule has 0 radical (unpaired) electrons. The number of rotatable bonds is 6. The van der Waals surface area contributed by atoms with Gasteiger partial charge in [-0.3, -0.25) is 9.69 Å². The van der Waals surface area contributed by atoms with Gasteiger partial charge in [-0.15, -0.1) is 0 Å². The number of carbonyl (C=O) groups excluding carboxylic acids is 1. The maximum atomic E-state index is 13.3. The third-order valence-corrected chi connectivity index (χ3v) is 6.90. The summed E-state index contributed by atoms with van der Waals surface area (Å²) in [6.07, 6.45) is 5.62. The van der Waals surface area contributed by atoms with E-state index in [2.05, 4.69) is 35.2 Å². The minimum Gasteiger partial charge on any atom is -0.467 e. The van der Waals surface area contributed by atoms with E-state index in [-0.39, 0.29) is 11.9 Å². The average molecular weight is 462 g/mol. The molecule has 170 valence electrons. The monoisotopic (exact) mass is 461 g/mol. The van der Waals surface area contributed by atoms with Crippen molar-refractivity contribution in [3.8, 4) is 0 Å². The zero-order valence-electron chi connectivity index (χ0n) is 18.6. The molecule has 0 aliphatic carbocycles. The lowest BCUT2D eigenvalue weighted by atomic mass is 9.90. The summed E-state index contributed by atoms with van der Waals surface area (Å²) in [6, 6.07) is 21.8. The van der Waals surface area contributed by atoms with E-state index in [0.29, 0.717) is 23.9 Å². The predicted molar refractivity (Wildman–Crippen MR) is 130 cm³/mol. The van der Waals surface area contributed by atoms with Gasteiger partial charge in [-0.25, -0.2) is 5.01 Å². The van der Waals surface area contributed by atoms with Crippen molar-refractivity contribution in [2.24, 2.45) is 11.0 Å². The van der Waals surface area contributed by atoms with Crippen LogP contribution in [0.3, 0.4) is 0 Å². The highest BCUT2D eigenvalue weighted by Gasteiger charge is 2.35. The lowest BCUT2D eigenvalue weighted by molar-refractivity contribution is -0.135. The normalized spacial score (nSPS) is 19.6. The number of hydrogen-bond donors (Lipinski definition) is 0. The fourth-order valence-electron chi connectivity index (χ4n) is 4.82. The number of hydrazone groups is 1. The Morgan fingerprint density at radius 1 is 1.00 bits per heavy atom. The van der Waals surface area contributed by atoms with Gasteiger partial charge in [0.05, 0.1) is 18.5 Å². The Kier molecular flexibility index (Phi) is 6.60. The van der Waals surface area contributed by atoms with Gasteiger partial charge in [0, 0.05) is 11.4 Å². The van der Waals surface area contributed by atoms with E-state index in [1.54, 1.807) is 11.3 Å². The molecule has 3 aromatic rings. The van der Waals surface area contributed by atoms with Crippen LogP contribution in [0.15, 0.2) is 82.5 Å². The summed E-state index contributed by atoms with van der Waals surface area (Å²) in [5.74, 6) is 1.45. The SMILES string of the molecule is O=C(CN1CCC(Cc2ccccc2)CC1)N1N=C(c2ccc(Cl)cc2)C[C@H]1c1ccco1. The maximum absolute atomic E-state index is 13.3. The Hall–Kier alpha value is -2.89. The van der Waals surface area contributed by atoms with E-state index < -0.39 is 0 Å². The Morgan fingerprint density at radius 3 is 2.45 bits per heavy atom. The number of halogens is 1. The van der Waals surface area contributed by atoms with Crippen molar-refractivity contribution in [3.63, 3.8) is 0 Å². The summed E-state index contributed by atoms with van der Waals surface area (Å²) in [4.78, 5) is 15.6. The first-order valence-electron chi connectivity index (χ1n) is 11.6. The second kappa shape index (κ2) is 9.94. The summed E-state index contributed by atoms with van der Waals surface area (Å²) in [6.45, 7) is 2.26. The number of hydrogen-bond acceptors (Lipinski definition) is 4. The number of likely N-dealkylation sites (tertiary alicyclic amines) is 1. The molecular formula is C27H28ClN3O2. The van der Waals surface area contributed by atoms with E-state index in [1.165, 1.54) is 5.56 Å². The molecule has 1 atom stereocenters. The van der Waals surface area contributed by atoms with Crippen molar-refractivity contribution in [2.75, 3.05) is 19.6 Å². The highest BCUT2D eigenvalue weighted by Crippen LogP contribution is 2.33. The first kappa shape index (κ1) is 21.9. The number of piperidine rings is 1. The van der Waals surface area contributed by atoms with Crippen LogP contribution >= 0.6 is 11.6 Å². The first-order chi connectivity index (χ1) is 16.2. The molecule has 0 unspecified atom stereocenters. The molecule has 0 N–H and O–H groups in total. The Balaban J connectivity index is 1.23. The summed E-state index contributed by atoms with van der Waals surface area (Å²) < 4.78 is 5.66. The summed E-state index contributed by atoms with van der Waals surface area (Å²) in [5, 5.41) is 7.04. The third kappa shape index (κ3) is 5.21. The molecule has 0 saturated carbocycles. The van der Waals surface area contributed by atoms with Crippen LogP contribution in [0.2, 0.25) is 5.02 Å². The zero-order chi connectivity index (χ0) is 22.6. The van der Waals surface area contributed by atoms with Gasteiger partial charge in [-0.2, -0.15) is 5.10 Å². The molecule has 5 nitrogen and oxygen atoms in total. The average Bonchev–Trinajstić information content (AvgIpc) is 3.52. The predicted octanol–water partition coefficient (Wildman–Crippen LogP) is 5.57. The van der Waals surface area contributed by atoms with Gasteiger partial charge in [0.1, 0.15) is 11.8 Å². The number of furan rings is 1. The minimum atomic E-state index is -0.214. The third-order valence-electron chi connectivity index (χ3n) is 6.65. The second-order valence-corrected chi connectivity index (χ2v) is 9.37. The number of carbonyl (C=O) groups is 1. The lowest BCUT2D eigenvalue weighted by Gasteiger charge is -2.32. The Labute approximate surface area is 199 Å². The molecule has 2 aliphatic heterocycles. The van der Waals surface area contributed by atoms with Crippen molar-refractivity contribution in [3.05, 3.63) is 94.9 Å². The van der Waals surface area contributed by atoms with Gasteiger partial charge >= 0.3 is 0 Å². The fourth-order valence-corrected chi connectivity index (χ4v) is 4.95. The van der Waals surface area contributed by atoms with E-state index >= 15 is 0 Å². The number of benzene rings is 2. The largest absolute Gasteiger partial charge is 0.467 e. The zero-order valence-corrected chi connectivity index (χ0v) is 19.3. The molecule has 6 heteroatoms. The summed E-state index contributed by atoms with van der Waals surface area (Å²) >= 11 is 6.05. The van der Waals surface area contributed by atoms with Crippen molar-refractivity contribution in [1.82, 2.24) is 9.91 Å². The molecule has 33 heavy (non-hydrogen) atoms. The van der Waals surface area contributed by atoms with Crippen molar-refractivity contribution < 1.29 is 9.21 Å². The highest BCUT2D eigenvalue weighted by molar-refractivity contribution is 6.30. The Bertz CT molecular complexity index is 1090. The van der Waals surface area contributed by atoms with Gasteiger partial charge in [0.25, 0.3) is 5.91 Å². The molecule has 0 bridgehead atoms. The lowest BCUT2D eigenvalue weighted by Crippen LogP contribution is -2.42. The molecule has 1 saturated heterocycles. The number of nitrogens with zero attached hydrogens (tertiary/aromatic N) is 3. The molecule has 5 rings (SSSR count). The van der Waals surface area contributed by atoms with Crippen molar-refractivity contribution >= 4 is 23.2 Å². The van der Waals surface area contributed by atoms with Gasteiger partial charge in [0.2, 0.25) is 0 Å². The van der Waals surface area contributed by atoms with E-state index in [1.807, 2.05) is 36.4 Å². The molecular weight excluding hydrogens is 434 g/mol. The molecule has 2 aromatic carbocycles. The first-order valence-corrected chi connectivity index (χ1v) is 12.0. The summed E-state index contributed by atoms with van der Waals surface area (Å²) in [5.41, 5.74) is 3.26. The molecule has 3 heterocycles. The standard InChI is InChI=1S/C27H28ClN3O2/c28-23-10-8-22(9-11-23)24-18-25(26-7-4-16-33-26)31(29-24)27(32)19-30-14-12-21(13-15-30)17-20-5-2-1-3-6-20/h1-11,16,21,25H,12-15,17-19H2/t25-/m0/s1. The second-order valence-electron chi connectivity index (χ2n) is 8.94. The molecule has 2 aliphatic rings. The van der Waals surface area contributed by atoms with Gasteiger partial charge in [-0.1, -0.05) is 54.1 Å². The van der Waals surface area contributed by atoms with E-state index in [4.69, 9.17) is 21.1 Å². The minimum absolute atomic E-state index is 0.0156. The number of amides is 1. The summed E-state index contributed by atoms with van der Waals surface area (Å²) in [7, 11) is 0. The van der Waals surface area contributed by atoms with Crippen LogP contribution in [0.1, 0.15) is 42.2 Å². The smallest absolute Gasteiger partial charge is 0.257 e. The Morgan fingerprint density at radius 2 is 1.76 bits per heavy atom. The van der Waals surface area contributed by atoms with Crippen LogP contribution in [-0.2, 0) is 11.2 Å². The topological polar surface area (TPSA) is 49.1 Å². The van der Waals surface area contributed by atoms with Crippen LogP contribution in [-0.4, -0.2) is 41.2 Å². The van der Waals surface area contributed by atoms with Crippen molar-refractivity contribution in [2.45, 2.75) is 31.7 Å². The van der Waals surface area contributed by atoms with Crippen LogP contribution in [0, 0.1) is 5.92 Å². The molecule has 0 spiro atoms. The van der Waals surface area contributed by atoms with Crippen LogP contribution < -0.4 is 0 Å². The van der Waals surface area contributed by atoms with Gasteiger partial charge in [0.15, 0.2) is 0 Å². The molecule has 1 amide bonds. The van der Waals surface area contributed by atoms with Crippen LogP contribution in [0.4, 0.5) is 0 Å². The highest BCUT2D eigenvalue weighted by atomic mass is 35.5. The van der Waals surface area contributed by atoms with Crippen molar-refractivity contribution in [1.29, 1.82) is 0 Å². The quantitative estimate of drug-likeness (QED) is 0.482. The fraction of sp³-hybridized carbons (Fsp3) is 0.333. The van der Waals surface area contributed by atoms with E-state index in [0.717, 1.165) is 49.4 Å². The van der Waals surface area contributed by atoms with Crippen LogP contribution in [0.5, 0.6) is 0 Å².